The zero-order valence-corrected chi connectivity index (χ0v) is 18.0. The SMILES string of the molecule is CCC[C@H]1CC[C@H](c2ccc(C(F)(F)Oc3ccc(OC(F)(F)C(F)F)c(F)c3)cc2)CC1. The molecule has 0 amide bonds. The van der Waals surface area contributed by atoms with E-state index >= 15 is 0 Å². The normalized spacial score (nSPS) is 19.5. The van der Waals surface area contributed by atoms with E-state index in [0.717, 1.165) is 49.7 Å². The molecule has 33 heavy (non-hydrogen) atoms. The van der Waals surface area contributed by atoms with Gasteiger partial charge in [-0.1, -0.05) is 31.9 Å². The van der Waals surface area contributed by atoms with Crippen LogP contribution >= 0.6 is 0 Å². The van der Waals surface area contributed by atoms with Crippen LogP contribution in [-0.4, -0.2) is 12.5 Å². The Morgan fingerprint density at radius 3 is 2.09 bits per heavy atom. The van der Waals surface area contributed by atoms with Crippen LogP contribution in [-0.2, 0) is 6.11 Å². The highest BCUT2D eigenvalue weighted by Gasteiger charge is 2.44. The van der Waals surface area contributed by atoms with Gasteiger partial charge >= 0.3 is 18.6 Å². The minimum absolute atomic E-state index is 0.315. The Labute approximate surface area is 187 Å². The van der Waals surface area contributed by atoms with Gasteiger partial charge in [0.1, 0.15) is 5.75 Å². The number of halogens is 7. The predicted molar refractivity (Wildman–Crippen MR) is 109 cm³/mol. The van der Waals surface area contributed by atoms with E-state index in [4.69, 9.17) is 0 Å². The summed E-state index contributed by atoms with van der Waals surface area (Å²) in [6, 6.07) is 7.36. The van der Waals surface area contributed by atoms with Crippen molar-refractivity contribution in [3.05, 3.63) is 59.4 Å². The van der Waals surface area contributed by atoms with E-state index in [2.05, 4.69) is 16.4 Å². The lowest BCUT2D eigenvalue weighted by Gasteiger charge is -2.29. The molecule has 0 bridgehead atoms. The monoisotopic (exact) mass is 478 g/mol. The molecule has 2 aromatic carbocycles. The van der Waals surface area contributed by atoms with Crippen LogP contribution in [0.1, 0.15) is 62.5 Å². The molecule has 0 unspecified atom stereocenters. The van der Waals surface area contributed by atoms with Gasteiger partial charge in [0.15, 0.2) is 11.6 Å². The Kier molecular flexibility index (Phi) is 7.80. The molecule has 2 nitrogen and oxygen atoms in total. The van der Waals surface area contributed by atoms with Gasteiger partial charge in [0, 0.05) is 6.07 Å². The fourth-order valence-corrected chi connectivity index (χ4v) is 4.17. The highest BCUT2D eigenvalue weighted by atomic mass is 19.3. The molecule has 1 fully saturated rings. The number of rotatable bonds is 9. The van der Waals surface area contributed by atoms with Crippen molar-refractivity contribution in [2.45, 2.75) is 70.0 Å². The summed E-state index contributed by atoms with van der Waals surface area (Å²) < 4.78 is 102. The molecule has 0 heterocycles. The van der Waals surface area contributed by atoms with Crippen LogP contribution in [0.25, 0.3) is 0 Å². The van der Waals surface area contributed by atoms with E-state index in [0.29, 0.717) is 18.1 Å². The number of hydrogen-bond acceptors (Lipinski definition) is 2. The van der Waals surface area contributed by atoms with Crippen LogP contribution in [0.5, 0.6) is 11.5 Å². The van der Waals surface area contributed by atoms with Gasteiger partial charge in [-0.05, 0) is 67.3 Å². The minimum Gasteiger partial charge on any atom is -0.429 e. The van der Waals surface area contributed by atoms with Crippen molar-refractivity contribution in [2.24, 2.45) is 5.92 Å². The van der Waals surface area contributed by atoms with Gasteiger partial charge in [0.2, 0.25) is 0 Å². The second kappa shape index (κ2) is 10.2. The fourth-order valence-electron chi connectivity index (χ4n) is 4.17. The summed E-state index contributed by atoms with van der Waals surface area (Å²) in [7, 11) is 0. The lowest BCUT2D eigenvalue weighted by atomic mass is 9.77. The van der Waals surface area contributed by atoms with Gasteiger partial charge in [-0.25, -0.2) is 4.39 Å². The summed E-state index contributed by atoms with van der Waals surface area (Å²) in [6.07, 6.45) is -6.33. The van der Waals surface area contributed by atoms with Gasteiger partial charge in [-0.2, -0.15) is 26.3 Å². The Morgan fingerprint density at radius 2 is 1.55 bits per heavy atom. The van der Waals surface area contributed by atoms with Gasteiger partial charge in [-0.3, -0.25) is 0 Å². The van der Waals surface area contributed by atoms with Gasteiger partial charge < -0.3 is 9.47 Å². The summed E-state index contributed by atoms with van der Waals surface area (Å²) in [5.74, 6) is -2.40. The predicted octanol–water partition coefficient (Wildman–Crippen LogP) is 8.26. The topological polar surface area (TPSA) is 18.5 Å². The van der Waals surface area contributed by atoms with Crippen molar-refractivity contribution in [3.8, 4) is 11.5 Å². The third-order valence-electron chi connectivity index (χ3n) is 5.91. The van der Waals surface area contributed by atoms with Crippen molar-refractivity contribution in [2.75, 3.05) is 0 Å². The van der Waals surface area contributed by atoms with Crippen LogP contribution in [0.3, 0.4) is 0 Å². The van der Waals surface area contributed by atoms with Gasteiger partial charge in [-0.15, -0.1) is 0 Å². The van der Waals surface area contributed by atoms with Crippen molar-refractivity contribution in [3.63, 3.8) is 0 Å². The van der Waals surface area contributed by atoms with Crippen LogP contribution < -0.4 is 9.47 Å². The molecule has 0 radical (unpaired) electrons. The van der Waals surface area contributed by atoms with E-state index in [-0.39, 0.29) is 0 Å². The van der Waals surface area contributed by atoms with E-state index < -0.39 is 41.5 Å². The fraction of sp³-hybridized carbons (Fsp3) is 0.500. The summed E-state index contributed by atoms with van der Waals surface area (Å²) in [5.41, 5.74) is 0.507. The Bertz CT molecular complexity index is 908. The third-order valence-corrected chi connectivity index (χ3v) is 5.91. The summed E-state index contributed by atoms with van der Waals surface area (Å²) in [6.45, 7) is 2.16. The average molecular weight is 478 g/mol. The molecule has 1 aliphatic carbocycles. The maximum absolute atomic E-state index is 14.6. The van der Waals surface area contributed by atoms with E-state index in [1.807, 2.05) is 0 Å². The average Bonchev–Trinajstić information content (AvgIpc) is 2.76. The van der Waals surface area contributed by atoms with Gasteiger partial charge in [0.05, 0.1) is 5.56 Å². The largest absolute Gasteiger partial charge is 0.461 e. The smallest absolute Gasteiger partial charge is 0.429 e. The molecule has 1 saturated carbocycles. The zero-order chi connectivity index (χ0) is 24.2. The standard InChI is InChI=1S/C24H25F7O2/c1-2-3-15-4-6-16(7-5-15)17-8-10-18(11-9-17)23(28,29)32-19-12-13-21(20(25)14-19)33-24(30,31)22(26)27/h8-16,22H,2-7H2,1H3/t15-,16-. The number of ether oxygens (including phenoxy) is 2. The van der Waals surface area contributed by atoms with E-state index in [9.17, 15) is 30.7 Å². The molecule has 182 valence electrons. The number of hydrogen-bond donors (Lipinski definition) is 0. The molecule has 0 N–H and O–H groups in total. The maximum atomic E-state index is 14.6. The van der Waals surface area contributed by atoms with Crippen LogP contribution in [0.4, 0.5) is 30.7 Å². The highest BCUT2D eigenvalue weighted by Crippen LogP contribution is 2.39. The second-order valence-corrected chi connectivity index (χ2v) is 8.30. The Hall–Kier alpha value is -2.45. The molecule has 0 spiro atoms. The lowest BCUT2D eigenvalue weighted by Crippen LogP contribution is -2.33. The summed E-state index contributed by atoms with van der Waals surface area (Å²) in [5, 5.41) is 0. The third kappa shape index (κ3) is 6.32. The first-order chi connectivity index (χ1) is 15.5. The van der Waals surface area contributed by atoms with Crippen molar-refractivity contribution >= 4 is 0 Å². The first-order valence-corrected chi connectivity index (χ1v) is 10.8. The molecular weight excluding hydrogens is 453 g/mol. The lowest BCUT2D eigenvalue weighted by molar-refractivity contribution is -0.254. The molecule has 0 aromatic heterocycles. The number of benzene rings is 2. The zero-order valence-electron chi connectivity index (χ0n) is 18.0. The summed E-state index contributed by atoms with van der Waals surface area (Å²) in [4.78, 5) is 0. The Morgan fingerprint density at radius 1 is 0.909 bits per heavy atom. The van der Waals surface area contributed by atoms with Crippen molar-refractivity contribution in [1.29, 1.82) is 0 Å². The maximum Gasteiger partial charge on any atom is 0.461 e. The molecule has 3 rings (SSSR count). The molecule has 2 aromatic rings. The Balaban J connectivity index is 1.65. The molecule has 0 atom stereocenters. The highest BCUT2D eigenvalue weighted by molar-refractivity contribution is 5.35. The van der Waals surface area contributed by atoms with Crippen LogP contribution in [0, 0.1) is 11.7 Å². The molecule has 0 saturated heterocycles. The molecule has 9 heteroatoms. The quantitative estimate of drug-likeness (QED) is 0.338. The molecular formula is C24H25F7O2. The molecule has 0 aliphatic heterocycles. The van der Waals surface area contributed by atoms with Crippen LogP contribution in [0.15, 0.2) is 42.5 Å². The summed E-state index contributed by atoms with van der Waals surface area (Å²) >= 11 is 0. The van der Waals surface area contributed by atoms with Crippen molar-refractivity contribution in [1.82, 2.24) is 0 Å². The minimum atomic E-state index is -4.93. The number of alkyl halides is 6. The van der Waals surface area contributed by atoms with Crippen molar-refractivity contribution < 1.29 is 40.2 Å². The van der Waals surface area contributed by atoms with E-state index in [1.165, 1.54) is 18.6 Å². The first-order valence-electron chi connectivity index (χ1n) is 10.8. The van der Waals surface area contributed by atoms with Gasteiger partial charge in [0.25, 0.3) is 0 Å². The first kappa shape index (κ1) is 25.2. The second-order valence-electron chi connectivity index (χ2n) is 8.30. The van der Waals surface area contributed by atoms with E-state index in [1.54, 1.807) is 12.1 Å². The van der Waals surface area contributed by atoms with Crippen LogP contribution in [0.2, 0.25) is 0 Å². The molecule has 1 aliphatic rings.